The zero-order valence-electron chi connectivity index (χ0n) is 10.9. The minimum Gasteiger partial charge on any atom is -0.408 e. The fourth-order valence-electron chi connectivity index (χ4n) is 2.21. The van der Waals surface area contributed by atoms with Crippen molar-refractivity contribution in [3.8, 4) is 0 Å². The Morgan fingerprint density at radius 3 is 2.83 bits per heavy atom. The van der Waals surface area contributed by atoms with Crippen LogP contribution >= 0.6 is 0 Å². The molecule has 0 aliphatic carbocycles. The van der Waals surface area contributed by atoms with Crippen LogP contribution in [0, 0.1) is 0 Å². The van der Waals surface area contributed by atoms with E-state index in [-0.39, 0.29) is 0 Å². The maximum atomic E-state index is 5.42. The number of nitrogens with zero attached hydrogens (tertiary/aromatic N) is 3. The molecule has 2 heterocycles. The van der Waals surface area contributed by atoms with E-state index in [2.05, 4.69) is 20.4 Å². The van der Waals surface area contributed by atoms with Gasteiger partial charge in [0.2, 0.25) is 5.89 Å². The van der Waals surface area contributed by atoms with Crippen LogP contribution < -0.4 is 11.1 Å². The lowest BCUT2D eigenvalue weighted by atomic mass is 10.3. The predicted molar refractivity (Wildman–Crippen MR) is 70.5 cm³/mol. The van der Waals surface area contributed by atoms with Gasteiger partial charge in [0.25, 0.3) is 0 Å². The maximum Gasteiger partial charge on any atom is 0.315 e. The number of hydrogen-bond acceptors (Lipinski definition) is 6. The summed E-state index contributed by atoms with van der Waals surface area (Å²) in [5.41, 5.74) is 5.42. The van der Waals surface area contributed by atoms with Gasteiger partial charge in [-0.15, -0.1) is 5.10 Å². The van der Waals surface area contributed by atoms with Crippen molar-refractivity contribution >= 4 is 6.01 Å². The van der Waals surface area contributed by atoms with E-state index in [4.69, 9.17) is 10.2 Å². The van der Waals surface area contributed by atoms with Crippen molar-refractivity contribution < 1.29 is 4.42 Å². The second-order valence-electron chi connectivity index (χ2n) is 4.72. The molecule has 1 aromatic rings. The standard InChI is InChI=1S/C12H23N5O/c13-6-5-11-15-16-12(18-11)14-7-1-2-8-17-9-3-4-10-17/h1-10,13H2,(H,14,16). The van der Waals surface area contributed by atoms with Crippen LogP contribution in [0.25, 0.3) is 0 Å². The van der Waals surface area contributed by atoms with Crippen molar-refractivity contribution in [1.29, 1.82) is 0 Å². The molecule has 0 amide bonds. The minimum atomic E-state index is 0.514. The van der Waals surface area contributed by atoms with E-state index in [0.29, 0.717) is 24.9 Å². The quantitative estimate of drug-likeness (QED) is 0.669. The van der Waals surface area contributed by atoms with Gasteiger partial charge in [0.1, 0.15) is 0 Å². The van der Waals surface area contributed by atoms with Crippen molar-refractivity contribution in [2.24, 2.45) is 5.73 Å². The summed E-state index contributed by atoms with van der Waals surface area (Å²) in [7, 11) is 0. The van der Waals surface area contributed by atoms with Crippen LogP contribution in [0.1, 0.15) is 31.6 Å². The van der Waals surface area contributed by atoms with Crippen LogP contribution in [0.5, 0.6) is 0 Å². The lowest BCUT2D eigenvalue weighted by molar-refractivity contribution is 0.331. The number of hydrogen-bond donors (Lipinski definition) is 2. The first kappa shape index (κ1) is 13.3. The van der Waals surface area contributed by atoms with Gasteiger partial charge >= 0.3 is 6.01 Å². The summed E-state index contributed by atoms with van der Waals surface area (Å²) in [6.45, 7) is 5.19. The first-order valence-electron chi connectivity index (χ1n) is 6.87. The lowest BCUT2D eigenvalue weighted by Gasteiger charge is -2.13. The SMILES string of the molecule is NCCc1nnc(NCCCCN2CCCC2)o1. The normalized spacial score (nSPS) is 16.3. The first-order valence-corrected chi connectivity index (χ1v) is 6.87. The van der Waals surface area contributed by atoms with Gasteiger partial charge in [-0.3, -0.25) is 0 Å². The second kappa shape index (κ2) is 7.33. The lowest BCUT2D eigenvalue weighted by Crippen LogP contribution is -2.20. The van der Waals surface area contributed by atoms with Gasteiger partial charge in [0.15, 0.2) is 0 Å². The van der Waals surface area contributed by atoms with Gasteiger partial charge < -0.3 is 20.4 Å². The van der Waals surface area contributed by atoms with E-state index in [0.717, 1.165) is 13.0 Å². The highest BCUT2D eigenvalue weighted by Gasteiger charge is 2.10. The van der Waals surface area contributed by atoms with Crippen LogP contribution in [0.4, 0.5) is 6.01 Å². The molecule has 1 aliphatic rings. The smallest absolute Gasteiger partial charge is 0.315 e. The molecule has 3 N–H and O–H groups in total. The molecule has 2 rings (SSSR count). The molecule has 0 spiro atoms. The van der Waals surface area contributed by atoms with E-state index in [1.807, 2.05) is 0 Å². The van der Waals surface area contributed by atoms with E-state index in [9.17, 15) is 0 Å². The fraction of sp³-hybridized carbons (Fsp3) is 0.833. The molecule has 1 fully saturated rings. The topological polar surface area (TPSA) is 80.2 Å². The van der Waals surface area contributed by atoms with Gasteiger partial charge in [-0.05, 0) is 45.3 Å². The Kier molecular flexibility index (Phi) is 5.41. The number of rotatable bonds is 8. The van der Waals surface area contributed by atoms with Gasteiger partial charge in [-0.25, -0.2) is 0 Å². The Bertz CT molecular complexity index is 335. The Morgan fingerprint density at radius 2 is 2.06 bits per heavy atom. The van der Waals surface area contributed by atoms with Crippen LogP contribution in [0.2, 0.25) is 0 Å². The summed E-state index contributed by atoms with van der Waals surface area (Å²) >= 11 is 0. The maximum absolute atomic E-state index is 5.42. The molecule has 0 aromatic carbocycles. The van der Waals surface area contributed by atoms with Crippen molar-refractivity contribution in [2.75, 3.05) is 38.0 Å². The Balaban J connectivity index is 1.54. The third-order valence-electron chi connectivity index (χ3n) is 3.20. The highest BCUT2D eigenvalue weighted by atomic mass is 16.4. The Morgan fingerprint density at radius 1 is 1.22 bits per heavy atom. The fourth-order valence-corrected chi connectivity index (χ4v) is 2.21. The number of anilines is 1. The Labute approximate surface area is 108 Å². The zero-order chi connectivity index (χ0) is 12.6. The average Bonchev–Trinajstić information content (AvgIpc) is 3.01. The number of nitrogens with two attached hydrogens (primary N) is 1. The monoisotopic (exact) mass is 253 g/mol. The van der Waals surface area contributed by atoms with Crippen molar-refractivity contribution in [3.05, 3.63) is 5.89 Å². The summed E-state index contributed by atoms with van der Waals surface area (Å²) in [6, 6.07) is 0.514. The molecular weight excluding hydrogens is 230 g/mol. The number of likely N-dealkylation sites (tertiary alicyclic amines) is 1. The largest absolute Gasteiger partial charge is 0.408 e. The van der Waals surface area contributed by atoms with Gasteiger partial charge in [0, 0.05) is 19.5 Å². The zero-order valence-corrected chi connectivity index (χ0v) is 10.9. The summed E-state index contributed by atoms with van der Waals surface area (Å²) in [6.07, 6.45) is 5.72. The van der Waals surface area contributed by atoms with E-state index >= 15 is 0 Å². The van der Waals surface area contributed by atoms with Crippen molar-refractivity contribution in [3.63, 3.8) is 0 Å². The Hall–Kier alpha value is -1.14. The summed E-state index contributed by atoms with van der Waals surface area (Å²) < 4.78 is 5.38. The van der Waals surface area contributed by atoms with Crippen molar-refractivity contribution in [2.45, 2.75) is 32.1 Å². The molecule has 6 heteroatoms. The highest BCUT2D eigenvalue weighted by Crippen LogP contribution is 2.09. The third kappa shape index (κ3) is 4.27. The summed E-state index contributed by atoms with van der Waals surface area (Å²) in [5, 5.41) is 11.0. The molecule has 0 unspecified atom stereocenters. The molecular formula is C12H23N5O. The number of aromatic nitrogens is 2. The van der Waals surface area contributed by atoms with Gasteiger partial charge in [-0.2, -0.15) is 0 Å². The molecule has 102 valence electrons. The first-order chi connectivity index (χ1) is 8.88. The molecule has 0 radical (unpaired) electrons. The van der Waals surface area contributed by atoms with E-state index in [1.165, 1.54) is 38.9 Å². The molecule has 0 bridgehead atoms. The molecule has 0 atom stereocenters. The van der Waals surface area contributed by atoms with Crippen LogP contribution in [-0.4, -0.2) is 47.8 Å². The molecule has 1 aromatic heterocycles. The van der Waals surface area contributed by atoms with Gasteiger partial charge in [0.05, 0.1) is 0 Å². The van der Waals surface area contributed by atoms with Crippen molar-refractivity contribution in [1.82, 2.24) is 15.1 Å². The number of unbranched alkanes of at least 4 members (excludes halogenated alkanes) is 1. The van der Waals surface area contributed by atoms with Gasteiger partial charge in [-0.1, -0.05) is 5.10 Å². The third-order valence-corrected chi connectivity index (χ3v) is 3.20. The average molecular weight is 253 g/mol. The van der Waals surface area contributed by atoms with Crippen LogP contribution in [0.3, 0.4) is 0 Å². The molecule has 6 nitrogen and oxygen atoms in total. The van der Waals surface area contributed by atoms with Crippen LogP contribution in [-0.2, 0) is 6.42 Å². The molecule has 18 heavy (non-hydrogen) atoms. The molecule has 1 aliphatic heterocycles. The predicted octanol–water partition coefficient (Wildman–Crippen LogP) is 0.859. The highest BCUT2D eigenvalue weighted by molar-refractivity contribution is 5.16. The summed E-state index contributed by atoms with van der Waals surface area (Å²) in [4.78, 5) is 2.53. The van der Waals surface area contributed by atoms with E-state index < -0.39 is 0 Å². The molecule has 0 saturated carbocycles. The van der Waals surface area contributed by atoms with Crippen LogP contribution in [0.15, 0.2) is 4.42 Å². The minimum absolute atomic E-state index is 0.514. The molecule has 1 saturated heterocycles. The number of nitrogens with one attached hydrogen (secondary N) is 1. The van der Waals surface area contributed by atoms with E-state index in [1.54, 1.807) is 0 Å². The summed E-state index contributed by atoms with van der Waals surface area (Å²) in [5.74, 6) is 0.608. The second-order valence-corrected chi connectivity index (χ2v) is 4.72.